The number of carboxylic acid groups (broad SMARTS) is 1. The first kappa shape index (κ1) is 27.9. The van der Waals surface area contributed by atoms with Crippen molar-refractivity contribution in [1.29, 1.82) is 0 Å². The lowest BCUT2D eigenvalue weighted by Gasteiger charge is -2.17. The maximum Gasteiger partial charge on any atom is 0.339 e. The number of hydrogen-bond acceptors (Lipinski definition) is 6. The molecule has 1 atom stereocenters. The van der Waals surface area contributed by atoms with Crippen LogP contribution in [0.3, 0.4) is 0 Å². The highest BCUT2D eigenvalue weighted by atomic mass is 32.2. The molecule has 0 saturated heterocycles. The minimum Gasteiger partial charge on any atom is -0.478 e. The van der Waals surface area contributed by atoms with Gasteiger partial charge in [-0.2, -0.15) is 0 Å². The van der Waals surface area contributed by atoms with Crippen LogP contribution in [0.2, 0.25) is 0 Å². The van der Waals surface area contributed by atoms with E-state index in [9.17, 15) is 28.3 Å². The van der Waals surface area contributed by atoms with Gasteiger partial charge in [-0.15, -0.1) is 0 Å². The van der Waals surface area contributed by atoms with Crippen LogP contribution in [0.25, 0.3) is 5.57 Å². The SMILES string of the molecule is C=C(OC(CC)=C(C=C(C)c1ccc(F)cc1F)C(=O)O)SCC(NC(C)=O)C(=O)OCC. The minimum atomic E-state index is -1.31. The molecule has 1 aromatic carbocycles. The second kappa shape index (κ2) is 13.4. The number of aliphatic carboxylic acids is 1. The molecule has 0 bridgehead atoms. The highest BCUT2D eigenvalue weighted by Gasteiger charge is 2.22. The van der Waals surface area contributed by atoms with E-state index in [1.54, 1.807) is 13.8 Å². The molecule has 1 rings (SSSR count). The van der Waals surface area contributed by atoms with Gasteiger partial charge in [0.25, 0.3) is 0 Å². The smallest absolute Gasteiger partial charge is 0.339 e. The largest absolute Gasteiger partial charge is 0.478 e. The molecule has 1 aromatic rings. The van der Waals surface area contributed by atoms with Crippen molar-refractivity contribution in [2.24, 2.45) is 0 Å². The number of carbonyl (C=O) groups excluding carboxylic acids is 2. The average Bonchev–Trinajstić information content (AvgIpc) is 2.72. The van der Waals surface area contributed by atoms with Crippen LogP contribution in [0.15, 0.2) is 47.3 Å². The maximum absolute atomic E-state index is 14.1. The highest BCUT2D eigenvalue weighted by molar-refractivity contribution is 8.02. The van der Waals surface area contributed by atoms with E-state index in [-0.39, 0.29) is 46.3 Å². The van der Waals surface area contributed by atoms with Gasteiger partial charge in [0.1, 0.15) is 23.4 Å². The molecule has 0 fully saturated rings. The molecule has 1 amide bonds. The van der Waals surface area contributed by atoms with Crippen molar-refractivity contribution in [3.8, 4) is 0 Å². The van der Waals surface area contributed by atoms with Gasteiger partial charge in [0.15, 0.2) is 5.09 Å². The number of hydrogen-bond donors (Lipinski definition) is 2. The molecule has 10 heteroatoms. The number of halogens is 2. The molecule has 0 spiro atoms. The summed E-state index contributed by atoms with van der Waals surface area (Å²) in [6, 6.07) is 2.06. The van der Waals surface area contributed by atoms with E-state index in [0.29, 0.717) is 6.07 Å². The van der Waals surface area contributed by atoms with E-state index >= 15 is 0 Å². The van der Waals surface area contributed by atoms with Gasteiger partial charge in [0.05, 0.1) is 12.2 Å². The van der Waals surface area contributed by atoms with Crippen LogP contribution in [-0.2, 0) is 23.9 Å². The van der Waals surface area contributed by atoms with E-state index in [4.69, 9.17) is 9.47 Å². The maximum atomic E-state index is 14.1. The second-order valence-corrected chi connectivity index (χ2v) is 7.81. The predicted octanol–water partition coefficient (Wildman–Crippen LogP) is 4.41. The molecule has 0 radical (unpaired) electrons. The Balaban J connectivity index is 3.08. The Kier molecular flexibility index (Phi) is 11.3. The van der Waals surface area contributed by atoms with Crippen molar-refractivity contribution in [2.45, 2.75) is 40.2 Å². The van der Waals surface area contributed by atoms with Gasteiger partial charge in [-0.1, -0.05) is 18.7 Å². The van der Waals surface area contributed by atoms with E-state index in [1.807, 2.05) is 0 Å². The lowest BCUT2D eigenvalue weighted by atomic mass is 10.0. The molecule has 0 saturated carbocycles. The average molecular weight is 484 g/mol. The molecule has 0 aliphatic carbocycles. The van der Waals surface area contributed by atoms with Gasteiger partial charge in [-0.3, -0.25) is 4.79 Å². The van der Waals surface area contributed by atoms with E-state index in [1.165, 1.54) is 26.0 Å². The van der Waals surface area contributed by atoms with Gasteiger partial charge < -0.3 is 19.9 Å². The summed E-state index contributed by atoms with van der Waals surface area (Å²) in [6.07, 6.45) is 1.40. The van der Waals surface area contributed by atoms with Gasteiger partial charge >= 0.3 is 11.9 Å². The van der Waals surface area contributed by atoms with Crippen LogP contribution < -0.4 is 5.32 Å². The van der Waals surface area contributed by atoms with Crippen LogP contribution in [-0.4, -0.2) is 41.4 Å². The first-order valence-electron chi connectivity index (χ1n) is 10.0. The van der Waals surface area contributed by atoms with E-state index in [2.05, 4.69) is 11.9 Å². The summed E-state index contributed by atoms with van der Waals surface area (Å²) in [5.74, 6) is -3.82. The lowest BCUT2D eigenvalue weighted by molar-refractivity contribution is -0.146. The Bertz CT molecular complexity index is 974. The van der Waals surface area contributed by atoms with Crippen molar-refractivity contribution >= 4 is 35.2 Å². The number of allylic oxidation sites excluding steroid dienone is 2. The molecule has 7 nitrogen and oxygen atoms in total. The summed E-state index contributed by atoms with van der Waals surface area (Å²) in [7, 11) is 0. The molecule has 33 heavy (non-hydrogen) atoms. The molecule has 0 aliphatic heterocycles. The third kappa shape index (κ3) is 9.09. The van der Waals surface area contributed by atoms with Gasteiger partial charge in [-0.25, -0.2) is 18.4 Å². The zero-order chi connectivity index (χ0) is 25.1. The van der Waals surface area contributed by atoms with Crippen LogP contribution in [0.4, 0.5) is 8.78 Å². The molecule has 2 N–H and O–H groups in total. The Morgan fingerprint density at radius 1 is 1.24 bits per heavy atom. The topological polar surface area (TPSA) is 102 Å². The number of thioether (sulfide) groups is 1. The quantitative estimate of drug-likeness (QED) is 0.197. The summed E-state index contributed by atoms with van der Waals surface area (Å²) in [5, 5.41) is 12.2. The molecular formula is C23H27F2NO6S. The Hall–Kier alpha value is -3.14. The summed E-state index contributed by atoms with van der Waals surface area (Å²) >= 11 is 0.991. The normalized spacial score (nSPS) is 13.0. The number of ether oxygens (including phenoxy) is 2. The minimum absolute atomic E-state index is 0.0476. The number of esters is 1. The Morgan fingerprint density at radius 3 is 2.42 bits per heavy atom. The van der Waals surface area contributed by atoms with Crippen molar-refractivity contribution in [3.63, 3.8) is 0 Å². The fourth-order valence-electron chi connectivity index (χ4n) is 2.68. The molecule has 180 valence electrons. The lowest BCUT2D eigenvalue weighted by Crippen LogP contribution is -2.42. The van der Waals surface area contributed by atoms with Gasteiger partial charge in [0, 0.05) is 30.7 Å². The summed E-state index contributed by atoms with van der Waals surface area (Å²) in [4.78, 5) is 35.2. The fourth-order valence-corrected chi connectivity index (χ4v) is 3.41. The van der Waals surface area contributed by atoms with Crippen molar-refractivity contribution < 1.29 is 37.7 Å². The Labute approximate surface area is 195 Å². The third-order valence-electron chi connectivity index (χ3n) is 4.17. The first-order valence-corrected chi connectivity index (χ1v) is 11.0. The number of amides is 1. The molecular weight excluding hydrogens is 456 g/mol. The summed E-state index contributed by atoms with van der Waals surface area (Å²) < 4.78 is 37.8. The van der Waals surface area contributed by atoms with Crippen molar-refractivity contribution in [2.75, 3.05) is 12.4 Å². The van der Waals surface area contributed by atoms with Gasteiger partial charge in [-0.05, 0) is 44.2 Å². The second-order valence-electron chi connectivity index (χ2n) is 6.74. The zero-order valence-electron chi connectivity index (χ0n) is 18.9. The predicted molar refractivity (Wildman–Crippen MR) is 122 cm³/mol. The number of carbonyl (C=O) groups is 3. The summed E-state index contributed by atoms with van der Waals surface area (Å²) in [6.45, 7) is 9.92. The number of carboxylic acids is 1. The highest BCUT2D eigenvalue weighted by Crippen LogP contribution is 2.26. The fraction of sp³-hybridized carbons (Fsp3) is 0.348. The van der Waals surface area contributed by atoms with Crippen LogP contribution >= 0.6 is 11.8 Å². The first-order chi connectivity index (χ1) is 15.5. The zero-order valence-corrected chi connectivity index (χ0v) is 19.7. The number of benzene rings is 1. The van der Waals surface area contributed by atoms with Crippen LogP contribution in [0.5, 0.6) is 0 Å². The molecule has 0 aliphatic rings. The number of rotatable bonds is 12. The molecule has 0 aromatic heterocycles. The van der Waals surface area contributed by atoms with Crippen LogP contribution in [0.1, 0.15) is 39.7 Å². The number of nitrogens with one attached hydrogen (secondary N) is 1. The van der Waals surface area contributed by atoms with E-state index in [0.717, 1.165) is 17.8 Å². The van der Waals surface area contributed by atoms with Gasteiger partial charge in [0.2, 0.25) is 5.91 Å². The molecule has 1 unspecified atom stereocenters. The summed E-state index contributed by atoms with van der Waals surface area (Å²) in [5.41, 5.74) is 0.0708. The van der Waals surface area contributed by atoms with Crippen molar-refractivity contribution in [1.82, 2.24) is 5.32 Å². The third-order valence-corrected chi connectivity index (χ3v) is 5.07. The van der Waals surface area contributed by atoms with E-state index < -0.39 is 35.5 Å². The van der Waals surface area contributed by atoms with Crippen molar-refractivity contribution in [3.05, 3.63) is 64.5 Å². The Morgan fingerprint density at radius 2 is 1.91 bits per heavy atom. The monoisotopic (exact) mass is 483 g/mol. The molecule has 0 heterocycles. The standard InChI is InChI=1S/C23H27F2NO6S/c1-6-21(32-15(5)33-12-20(26-14(4)27)23(30)31-7-2)18(22(28)29)10-13(3)17-9-8-16(24)11-19(17)25/h8-11,20H,5-7,12H2,1-4H3,(H,26,27)(H,28,29). The van der Waals surface area contributed by atoms with Crippen LogP contribution in [0, 0.1) is 11.6 Å².